The van der Waals surface area contributed by atoms with Gasteiger partial charge in [-0.15, -0.1) is 0 Å². The fourth-order valence-electron chi connectivity index (χ4n) is 3.93. The number of nitrogens with zero attached hydrogens (tertiary/aromatic N) is 5. The number of nitrogens with one attached hydrogen (secondary N) is 1. The van der Waals surface area contributed by atoms with Gasteiger partial charge in [-0.3, -0.25) is 4.40 Å². The minimum absolute atomic E-state index is 0.503. The summed E-state index contributed by atoms with van der Waals surface area (Å²) in [6.45, 7) is 0.614. The summed E-state index contributed by atoms with van der Waals surface area (Å²) < 4.78 is 15.7. The van der Waals surface area contributed by atoms with Gasteiger partial charge in [-0.25, -0.2) is 15.0 Å². The quantitative estimate of drug-likeness (QED) is 0.382. The van der Waals surface area contributed by atoms with Crippen molar-refractivity contribution in [1.82, 2.24) is 23.9 Å². The van der Waals surface area contributed by atoms with Crippen molar-refractivity contribution in [3.8, 4) is 22.9 Å². The van der Waals surface area contributed by atoms with Crippen LogP contribution in [0.2, 0.25) is 0 Å². The van der Waals surface area contributed by atoms with Crippen molar-refractivity contribution in [2.45, 2.75) is 6.54 Å². The van der Waals surface area contributed by atoms with Gasteiger partial charge >= 0.3 is 0 Å². The van der Waals surface area contributed by atoms with E-state index in [1.165, 1.54) is 0 Å². The SMILES string of the molecule is Cn1cncc1CNc1cc(Oc2nccc3occc23)ccc1-c1cccc2nccn12. The van der Waals surface area contributed by atoms with Crippen molar-refractivity contribution < 1.29 is 9.15 Å². The molecule has 0 aliphatic carbocycles. The second-order valence-electron chi connectivity index (χ2n) is 7.67. The molecule has 6 rings (SSSR count). The van der Waals surface area contributed by atoms with Crippen molar-refractivity contribution >= 4 is 22.3 Å². The first-order valence-electron chi connectivity index (χ1n) is 10.5. The molecule has 6 aromatic rings. The third-order valence-electron chi connectivity index (χ3n) is 5.63. The highest BCUT2D eigenvalue weighted by Crippen LogP contribution is 2.35. The van der Waals surface area contributed by atoms with Crippen molar-refractivity contribution in [1.29, 1.82) is 0 Å². The second-order valence-corrected chi connectivity index (χ2v) is 7.67. The first-order valence-corrected chi connectivity index (χ1v) is 10.5. The van der Waals surface area contributed by atoms with Crippen LogP contribution in [0.15, 0.2) is 90.3 Å². The number of pyridine rings is 2. The monoisotopic (exact) mass is 436 g/mol. The lowest BCUT2D eigenvalue weighted by molar-refractivity contribution is 0.469. The largest absolute Gasteiger partial charge is 0.464 e. The summed E-state index contributed by atoms with van der Waals surface area (Å²) in [6.07, 6.45) is 10.7. The molecule has 8 heteroatoms. The number of anilines is 1. The number of benzene rings is 1. The van der Waals surface area contributed by atoms with Gasteiger partial charge in [0.05, 0.1) is 35.9 Å². The second kappa shape index (κ2) is 7.83. The average molecular weight is 436 g/mol. The minimum Gasteiger partial charge on any atom is -0.464 e. The highest BCUT2D eigenvalue weighted by molar-refractivity contribution is 5.83. The molecule has 0 unspecified atom stereocenters. The van der Waals surface area contributed by atoms with E-state index < -0.39 is 0 Å². The Morgan fingerprint density at radius 1 is 1.06 bits per heavy atom. The van der Waals surface area contributed by atoms with Crippen molar-refractivity contribution in [2.24, 2.45) is 7.05 Å². The topological polar surface area (TPSA) is 82.4 Å². The lowest BCUT2D eigenvalue weighted by Crippen LogP contribution is -2.06. The molecule has 162 valence electrons. The average Bonchev–Trinajstić information content (AvgIpc) is 3.59. The maximum Gasteiger partial charge on any atom is 0.230 e. The van der Waals surface area contributed by atoms with Crippen LogP contribution in [0.4, 0.5) is 5.69 Å². The van der Waals surface area contributed by atoms with Crippen molar-refractivity contribution in [2.75, 3.05) is 5.32 Å². The maximum atomic E-state index is 6.17. The smallest absolute Gasteiger partial charge is 0.230 e. The van der Waals surface area contributed by atoms with E-state index in [0.717, 1.165) is 39.3 Å². The molecule has 1 aromatic carbocycles. The van der Waals surface area contributed by atoms with Gasteiger partial charge in [0.1, 0.15) is 17.0 Å². The zero-order valence-corrected chi connectivity index (χ0v) is 17.8. The lowest BCUT2D eigenvalue weighted by Gasteiger charge is -2.16. The number of hydrogen-bond acceptors (Lipinski definition) is 6. The van der Waals surface area contributed by atoms with Gasteiger partial charge in [0, 0.05) is 49.2 Å². The Labute approximate surface area is 189 Å². The molecule has 5 heterocycles. The predicted molar refractivity (Wildman–Crippen MR) is 125 cm³/mol. The molecule has 0 atom stereocenters. The Morgan fingerprint density at radius 2 is 2.03 bits per heavy atom. The standard InChI is InChI=1S/C25H20N6O2/c1-30-16-26-14-17(30)15-29-21-13-18(33-25-20-8-12-32-23(20)7-9-28-25)5-6-19(21)22-3-2-4-24-27-10-11-31(22)24/h2-14,16,29H,15H2,1H3. The molecule has 1 N–H and O–H groups in total. The molecule has 5 aromatic heterocycles. The van der Waals surface area contributed by atoms with Crippen LogP contribution in [0.3, 0.4) is 0 Å². The zero-order chi connectivity index (χ0) is 22.2. The molecule has 0 amide bonds. The number of fused-ring (bicyclic) bond motifs is 2. The van der Waals surface area contributed by atoms with Crippen LogP contribution >= 0.6 is 0 Å². The lowest BCUT2D eigenvalue weighted by atomic mass is 10.1. The molecule has 0 fully saturated rings. The molecule has 0 aliphatic heterocycles. The molecule has 0 spiro atoms. The first kappa shape index (κ1) is 19.1. The number of furan rings is 1. The Morgan fingerprint density at radius 3 is 2.94 bits per heavy atom. The summed E-state index contributed by atoms with van der Waals surface area (Å²) in [6, 6.07) is 15.7. The summed E-state index contributed by atoms with van der Waals surface area (Å²) >= 11 is 0. The van der Waals surface area contributed by atoms with Gasteiger partial charge < -0.3 is 19.0 Å². The van der Waals surface area contributed by atoms with Crippen LogP contribution in [0, 0.1) is 0 Å². The number of ether oxygens (including phenoxy) is 1. The van der Waals surface area contributed by atoms with Crippen molar-refractivity contribution in [3.05, 3.63) is 91.6 Å². The van der Waals surface area contributed by atoms with Gasteiger partial charge in [0.15, 0.2) is 0 Å². The van der Waals surface area contributed by atoms with E-state index in [-0.39, 0.29) is 0 Å². The fraction of sp³-hybridized carbons (Fsp3) is 0.0800. The Kier molecular flexibility index (Phi) is 4.54. The van der Waals surface area contributed by atoms with E-state index >= 15 is 0 Å². The number of aryl methyl sites for hydroxylation is 1. The Bertz CT molecular complexity index is 1580. The van der Waals surface area contributed by atoms with E-state index in [2.05, 4.69) is 30.7 Å². The molecular weight excluding hydrogens is 416 g/mol. The molecule has 0 bridgehead atoms. The summed E-state index contributed by atoms with van der Waals surface area (Å²) in [5, 5.41) is 4.38. The number of aromatic nitrogens is 5. The van der Waals surface area contributed by atoms with Crippen LogP contribution in [0.5, 0.6) is 11.6 Å². The van der Waals surface area contributed by atoms with E-state index in [4.69, 9.17) is 9.15 Å². The van der Waals surface area contributed by atoms with Gasteiger partial charge in [-0.05, 0) is 36.4 Å². The van der Waals surface area contributed by atoms with E-state index in [9.17, 15) is 0 Å². The van der Waals surface area contributed by atoms with Crippen LogP contribution in [-0.4, -0.2) is 23.9 Å². The molecule has 0 radical (unpaired) electrons. The minimum atomic E-state index is 0.503. The normalized spacial score (nSPS) is 11.3. The van der Waals surface area contributed by atoms with Gasteiger partial charge in [-0.1, -0.05) is 6.07 Å². The van der Waals surface area contributed by atoms with E-state index in [1.807, 2.05) is 66.5 Å². The van der Waals surface area contributed by atoms with Crippen LogP contribution in [0.1, 0.15) is 5.69 Å². The number of imidazole rings is 2. The molecule has 0 saturated heterocycles. The van der Waals surface area contributed by atoms with Crippen LogP contribution in [-0.2, 0) is 13.6 Å². The summed E-state index contributed by atoms with van der Waals surface area (Å²) in [7, 11) is 1.98. The summed E-state index contributed by atoms with van der Waals surface area (Å²) in [5.41, 5.74) is 5.67. The van der Waals surface area contributed by atoms with Gasteiger partial charge in [0.25, 0.3) is 0 Å². The highest BCUT2D eigenvalue weighted by atomic mass is 16.5. The zero-order valence-electron chi connectivity index (χ0n) is 17.8. The van der Waals surface area contributed by atoms with Crippen molar-refractivity contribution in [3.63, 3.8) is 0 Å². The Balaban J connectivity index is 1.42. The molecule has 33 heavy (non-hydrogen) atoms. The third-order valence-corrected chi connectivity index (χ3v) is 5.63. The van der Waals surface area contributed by atoms with Gasteiger partial charge in [0.2, 0.25) is 5.88 Å². The predicted octanol–water partition coefficient (Wildman–Crippen LogP) is 5.28. The third kappa shape index (κ3) is 3.47. The summed E-state index contributed by atoms with van der Waals surface area (Å²) in [5.74, 6) is 1.17. The highest BCUT2D eigenvalue weighted by Gasteiger charge is 2.13. The number of rotatable bonds is 6. The van der Waals surface area contributed by atoms with Crippen LogP contribution in [0.25, 0.3) is 27.9 Å². The number of hydrogen-bond donors (Lipinski definition) is 1. The molecule has 0 saturated carbocycles. The molecule has 0 aliphatic rings. The van der Waals surface area contributed by atoms with Crippen LogP contribution < -0.4 is 10.1 Å². The molecular formula is C25H20N6O2. The maximum absolute atomic E-state index is 6.17. The van der Waals surface area contributed by atoms with E-state index in [1.54, 1.807) is 25.0 Å². The first-order chi connectivity index (χ1) is 16.3. The Hall–Kier alpha value is -4.59. The molecule has 8 nitrogen and oxygen atoms in total. The fourth-order valence-corrected chi connectivity index (χ4v) is 3.93. The van der Waals surface area contributed by atoms with E-state index in [0.29, 0.717) is 18.2 Å². The van der Waals surface area contributed by atoms with Gasteiger partial charge in [-0.2, -0.15) is 0 Å². The summed E-state index contributed by atoms with van der Waals surface area (Å²) in [4.78, 5) is 13.0.